The van der Waals surface area contributed by atoms with Crippen molar-refractivity contribution in [3.8, 4) is 11.5 Å². The molecule has 164 valence electrons. The van der Waals surface area contributed by atoms with Crippen molar-refractivity contribution in [2.24, 2.45) is 0 Å². The first kappa shape index (κ1) is 24.0. The first-order valence-electron chi connectivity index (χ1n) is 9.79. The Morgan fingerprint density at radius 3 is 2.45 bits per heavy atom. The summed E-state index contributed by atoms with van der Waals surface area (Å²) in [5, 5.41) is 6.60. The predicted octanol–water partition coefficient (Wildman–Crippen LogP) is 1.50. The van der Waals surface area contributed by atoms with Crippen molar-refractivity contribution < 1.29 is 19.0 Å². The Labute approximate surface area is 184 Å². The molecule has 2 N–H and O–H groups in total. The van der Waals surface area contributed by atoms with E-state index in [-0.39, 0.29) is 42.4 Å². The molecule has 2 saturated heterocycles. The Kier molecular flexibility index (Phi) is 8.43. The largest absolute Gasteiger partial charge is 0.493 e. The molecule has 0 saturated carbocycles. The van der Waals surface area contributed by atoms with Crippen LogP contribution in [0, 0.1) is 0 Å². The zero-order chi connectivity index (χ0) is 18.9. The van der Waals surface area contributed by atoms with Gasteiger partial charge in [0.25, 0.3) is 0 Å². The van der Waals surface area contributed by atoms with Gasteiger partial charge >= 0.3 is 0 Å². The molecule has 0 unspecified atom stereocenters. The molecular formula is C20H31Cl2N3O4. The number of nitrogens with zero attached hydrogens (tertiary/aromatic N) is 1. The van der Waals surface area contributed by atoms with E-state index in [1.54, 1.807) is 14.2 Å². The minimum absolute atomic E-state index is 0. The van der Waals surface area contributed by atoms with E-state index in [1.807, 2.05) is 4.90 Å². The Bertz CT molecular complexity index is 705. The van der Waals surface area contributed by atoms with E-state index in [9.17, 15) is 4.79 Å². The van der Waals surface area contributed by atoms with Crippen LogP contribution in [0.5, 0.6) is 11.5 Å². The number of methoxy groups -OCH3 is 2. The summed E-state index contributed by atoms with van der Waals surface area (Å²) in [5.41, 5.74) is 2.12. The Morgan fingerprint density at radius 1 is 1.14 bits per heavy atom. The molecule has 1 aromatic carbocycles. The number of rotatable bonds is 3. The lowest BCUT2D eigenvalue weighted by Gasteiger charge is -2.46. The maximum absolute atomic E-state index is 12.8. The Balaban J connectivity index is 0.00000150. The molecule has 3 aliphatic rings. The number of carbonyl (C=O) groups is 1. The van der Waals surface area contributed by atoms with Crippen molar-refractivity contribution in [3.05, 3.63) is 23.3 Å². The SMILES string of the molecule is COc1cc2c(cc1OC)C1(CCN(C(=O)[C@@H]3CNCCN3)CC1)OCC2.Cl.Cl. The first-order valence-corrected chi connectivity index (χ1v) is 9.79. The molecule has 0 aliphatic carbocycles. The van der Waals surface area contributed by atoms with E-state index >= 15 is 0 Å². The molecule has 4 rings (SSSR count). The molecule has 7 nitrogen and oxygen atoms in total. The predicted molar refractivity (Wildman–Crippen MR) is 116 cm³/mol. The number of fused-ring (bicyclic) bond motifs is 2. The zero-order valence-corrected chi connectivity index (χ0v) is 18.6. The molecule has 1 spiro atoms. The van der Waals surface area contributed by atoms with Gasteiger partial charge in [0.1, 0.15) is 0 Å². The summed E-state index contributed by atoms with van der Waals surface area (Å²) in [7, 11) is 3.32. The zero-order valence-electron chi connectivity index (χ0n) is 17.0. The second-order valence-corrected chi connectivity index (χ2v) is 7.49. The highest BCUT2D eigenvalue weighted by atomic mass is 35.5. The van der Waals surface area contributed by atoms with E-state index in [0.717, 1.165) is 43.9 Å². The Morgan fingerprint density at radius 2 is 1.83 bits per heavy atom. The van der Waals surface area contributed by atoms with Gasteiger partial charge in [-0.2, -0.15) is 0 Å². The summed E-state index contributed by atoms with van der Waals surface area (Å²) < 4.78 is 17.3. The van der Waals surface area contributed by atoms with Crippen molar-refractivity contribution in [1.82, 2.24) is 15.5 Å². The highest BCUT2D eigenvalue weighted by Gasteiger charge is 2.43. The minimum atomic E-state index is -0.331. The number of nitrogens with one attached hydrogen (secondary N) is 2. The first-order chi connectivity index (χ1) is 13.2. The van der Waals surface area contributed by atoms with E-state index in [4.69, 9.17) is 14.2 Å². The standard InChI is InChI=1S/C20H29N3O4.2ClH/c1-25-17-11-14-3-10-27-20(15(14)12-18(17)26-2)4-8-23(9-5-20)19(24)16-13-21-6-7-22-16;;/h11-12,16,21-22H,3-10,13H2,1-2H3;2*1H/t16-;;/m0../s1. The summed E-state index contributed by atoms with van der Waals surface area (Å²) in [5.74, 6) is 1.69. The minimum Gasteiger partial charge on any atom is -0.493 e. The highest BCUT2D eigenvalue weighted by Crippen LogP contribution is 2.45. The molecule has 3 heterocycles. The van der Waals surface area contributed by atoms with Crippen LogP contribution in [0.25, 0.3) is 0 Å². The number of amides is 1. The van der Waals surface area contributed by atoms with Gasteiger partial charge in [0.05, 0.1) is 32.5 Å². The summed E-state index contributed by atoms with van der Waals surface area (Å²) in [4.78, 5) is 14.8. The summed E-state index contributed by atoms with van der Waals surface area (Å²) in [6, 6.07) is 4.03. The van der Waals surface area contributed by atoms with Crippen molar-refractivity contribution in [1.29, 1.82) is 0 Å². The fourth-order valence-electron chi connectivity index (χ4n) is 4.54. The second kappa shape index (κ2) is 10.2. The van der Waals surface area contributed by atoms with E-state index in [2.05, 4.69) is 22.8 Å². The van der Waals surface area contributed by atoms with Crippen LogP contribution in [0.3, 0.4) is 0 Å². The van der Waals surface area contributed by atoms with Gasteiger partial charge in [0.15, 0.2) is 11.5 Å². The van der Waals surface area contributed by atoms with Gasteiger partial charge in [0.2, 0.25) is 5.91 Å². The molecule has 0 radical (unpaired) electrons. The van der Waals surface area contributed by atoms with Crippen LogP contribution in [-0.2, 0) is 21.6 Å². The van der Waals surface area contributed by atoms with Gasteiger partial charge in [-0.15, -0.1) is 24.8 Å². The maximum Gasteiger partial charge on any atom is 0.241 e. The van der Waals surface area contributed by atoms with Crippen molar-refractivity contribution in [3.63, 3.8) is 0 Å². The Hall–Kier alpha value is -1.25. The van der Waals surface area contributed by atoms with E-state index in [1.165, 1.54) is 11.1 Å². The smallest absolute Gasteiger partial charge is 0.241 e. The van der Waals surface area contributed by atoms with E-state index in [0.29, 0.717) is 26.2 Å². The van der Waals surface area contributed by atoms with Crippen LogP contribution in [0.1, 0.15) is 24.0 Å². The average molecular weight is 448 g/mol. The normalized spacial score (nSPS) is 22.7. The van der Waals surface area contributed by atoms with Crippen LogP contribution in [0.4, 0.5) is 0 Å². The maximum atomic E-state index is 12.8. The molecule has 3 aliphatic heterocycles. The summed E-state index contributed by atoms with van der Waals surface area (Å²) in [6.07, 6.45) is 2.49. The molecule has 29 heavy (non-hydrogen) atoms. The van der Waals surface area contributed by atoms with Gasteiger partial charge in [-0.25, -0.2) is 0 Å². The monoisotopic (exact) mass is 447 g/mol. The van der Waals surface area contributed by atoms with Crippen LogP contribution < -0.4 is 20.1 Å². The fraction of sp³-hybridized carbons (Fsp3) is 0.650. The molecular weight excluding hydrogens is 417 g/mol. The fourth-order valence-corrected chi connectivity index (χ4v) is 4.54. The lowest BCUT2D eigenvalue weighted by molar-refractivity contribution is -0.143. The summed E-state index contributed by atoms with van der Waals surface area (Å²) >= 11 is 0. The van der Waals surface area contributed by atoms with Crippen molar-refractivity contribution in [2.45, 2.75) is 30.9 Å². The van der Waals surface area contributed by atoms with Crippen molar-refractivity contribution in [2.75, 3.05) is 53.6 Å². The van der Waals surface area contributed by atoms with Crippen LogP contribution in [-0.4, -0.2) is 70.4 Å². The number of piperazine rings is 1. The van der Waals surface area contributed by atoms with Gasteiger partial charge in [0, 0.05) is 32.7 Å². The van der Waals surface area contributed by atoms with Crippen LogP contribution in [0.15, 0.2) is 12.1 Å². The molecule has 1 atom stereocenters. The molecule has 0 bridgehead atoms. The number of likely N-dealkylation sites (tertiary alicyclic amines) is 1. The lowest BCUT2D eigenvalue weighted by atomic mass is 9.79. The number of ether oxygens (including phenoxy) is 3. The number of carbonyl (C=O) groups excluding carboxylic acids is 1. The van der Waals surface area contributed by atoms with Gasteiger partial charge in [-0.05, 0) is 42.5 Å². The van der Waals surface area contributed by atoms with Gasteiger partial charge < -0.3 is 29.7 Å². The quantitative estimate of drug-likeness (QED) is 0.731. The number of benzene rings is 1. The topological polar surface area (TPSA) is 72.1 Å². The van der Waals surface area contributed by atoms with Crippen molar-refractivity contribution >= 4 is 30.7 Å². The van der Waals surface area contributed by atoms with Gasteiger partial charge in [-0.1, -0.05) is 0 Å². The molecule has 1 amide bonds. The third kappa shape index (κ3) is 4.59. The van der Waals surface area contributed by atoms with Crippen LogP contribution in [0.2, 0.25) is 0 Å². The molecule has 9 heteroatoms. The molecule has 2 fully saturated rings. The summed E-state index contributed by atoms with van der Waals surface area (Å²) in [6.45, 7) is 4.59. The van der Waals surface area contributed by atoms with Crippen LogP contribution >= 0.6 is 24.8 Å². The number of hydrogen-bond donors (Lipinski definition) is 2. The van der Waals surface area contributed by atoms with Gasteiger partial charge in [-0.3, -0.25) is 4.79 Å². The highest BCUT2D eigenvalue weighted by molar-refractivity contribution is 5.85. The molecule has 1 aromatic rings. The third-order valence-electron chi connectivity index (χ3n) is 6.07. The lowest BCUT2D eigenvalue weighted by Crippen LogP contribution is -2.58. The molecule has 0 aromatic heterocycles. The number of halogens is 2. The van der Waals surface area contributed by atoms with E-state index < -0.39 is 0 Å². The number of hydrogen-bond acceptors (Lipinski definition) is 6. The number of piperidine rings is 1. The average Bonchev–Trinajstić information content (AvgIpc) is 2.74. The third-order valence-corrected chi connectivity index (χ3v) is 6.07. The second-order valence-electron chi connectivity index (χ2n) is 7.49.